The molecule has 5 heteroatoms. The third-order valence-corrected chi connectivity index (χ3v) is 4.75. The van der Waals surface area contributed by atoms with E-state index in [4.69, 9.17) is 14.5 Å². The van der Waals surface area contributed by atoms with Gasteiger partial charge in [-0.1, -0.05) is 30.3 Å². The standard InChI is InChI=1S/C25H22N2O3/c1-3-30-21-15-11-19(12-16-21)27-24(17-10-18-8-13-20(29-2)14-9-18)26-23-7-5-4-6-22(23)25(27)28/h4-17H,3H2,1-2H3/b17-10+. The maximum absolute atomic E-state index is 13.3. The monoisotopic (exact) mass is 398 g/mol. The fraction of sp³-hybridized carbons (Fsp3) is 0.120. The molecule has 0 N–H and O–H groups in total. The summed E-state index contributed by atoms with van der Waals surface area (Å²) in [7, 11) is 1.64. The molecule has 0 spiro atoms. The lowest BCUT2D eigenvalue weighted by atomic mass is 10.2. The van der Waals surface area contributed by atoms with E-state index in [2.05, 4.69) is 0 Å². The number of hydrogen-bond acceptors (Lipinski definition) is 4. The first-order valence-corrected chi connectivity index (χ1v) is 9.77. The lowest BCUT2D eigenvalue weighted by molar-refractivity contribution is 0.340. The minimum absolute atomic E-state index is 0.112. The van der Waals surface area contributed by atoms with E-state index < -0.39 is 0 Å². The van der Waals surface area contributed by atoms with E-state index in [-0.39, 0.29) is 5.56 Å². The van der Waals surface area contributed by atoms with Gasteiger partial charge in [-0.15, -0.1) is 0 Å². The van der Waals surface area contributed by atoms with Crippen molar-refractivity contribution in [3.05, 3.63) is 94.5 Å². The van der Waals surface area contributed by atoms with E-state index in [1.54, 1.807) is 17.7 Å². The van der Waals surface area contributed by atoms with Crippen molar-refractivity contribution < 1.29 is 9.47 Å². The molecule has 0 radical (unpaired) electrons. The van der Waals surface area contributed by atoms with Crippen LogP contribution in [0.4, 0.5) is 0 Å². The molecule has 0 amide bonds. The SMILES string of the molecule is CCOc1ccc(-n2c(/C=C/c3ccc(OC)cc3)nc3ccccc3c2=O)cc1. The zero-order valence-corrected chi connectivity index (χ0v) is 16.9. The molecule has 5 nitrogen and oxygen atoms in total. The average Bonchev–Trinajstić information content (AvgIpc) is 2.79. The van der Waals surface area contributed by atoms with Crippen molar-refractivity contribution in [1.82, 2.24) is 9.55 Å². The first-order valence-electron chi connectivity index (χ1n) is 9.77. The van der Waals surface area contributed by atoms with Gasteiger partial charge < -0.3 is 9.47 Å². The minimum Gasteiger partial charge on any atom is -0.497 e. The number of methoxy groups -OCH3 is 1. The highest BCUT2D eigenvalue weighted by molar-refractivity contribution is 5.80. The quantitative estimate of drug-likeness (QED) is 0.460. The Morgan fingerprint density at radius 3 is 2.30 bits per heavy atom. The highest BCUT2D eigenvalue weighted by Crippen LogP contribution is 2.19. The second-order valence-electron chi connectivity index (χ2n) is 6.66. The summed E-state index contributed by atoms with van der Waals surface area (Å²) in [4.78, 5) is 18.0. The zero-order chi connectivity index (χ0) is 20.9. The lowest BCUT2D eigenvalue weighted by Crippen LogP contribution is -2.22. The zero-order valence-electron chi connectivity index (χ0n) is 16.9. The predicted molar refractivity (Wildman–Crippen MR) is 120 cm³/mol. The molecule has 1 aromatic heterocycles. The summed E-state index contributed by atoms with van der Waals surface area (Å²) >= 11 is 0. The van der Waals surface area contributed by atoms with E-state index in [1.165, 1.54) is 0 Å². The van der Waals surface area contributed by atoms with E-state index >= 15 is 0 Å². The maximum Gasteiger partial charge on any atom is 0.266 e. The number of ether oxygens (including phenoxy) is 2. The summed E-state index contributed by atoms with van der Waals surface area (Å²) in [6.07, 6.45) is 3.78. The Kier molecular flexibility index (Phi) is 5.61. The molecule has 4 rings (SSSR count). The van der Waals surface area contributed by atoms with Crippen LogP contribution in [-0.2, 0) is 0 Å². The lowest BCUT2D eigenvalue weighted by Gasteiger charge is -2.12. The maximum atomic E-state index is 13.3. The first-order chi connectivity index (χ1) is 14.7. The van der Waals surface area contributed by atoms with Gasteiger partial charge in [-0.2, -0.15) is 0 Å². The Morgan fingerprint density at radius 1 is 0.900 bits per heavy atom. The first kappa shape index (κ1) is 19.5. The van der Waals surface area contributed by atoms with Gasteiger partial charge in [0, 0.05) is 0 Å². The van der Waals surface area contributed by atoms with Crippen molar-refractivity contribution in [3.63, 3.8) is 0 Å². The predicted octanol–water partition coefficient (Wildman–Crippen LogP) is 4.96. The molecule has 0 fully saturated rings. The normalized spacial score (nSPS) is 11.1. The van der Waals surface area contributed by atoms with Crippen molar-refractivity contribution >= 4 is 23.1 Å². The van der Waals surface area contributed by atoms with Crippen molar-refractivity contribution in [1.29, 1.82) is 0 Å². The van der Waals surface area contributed by atoms with Gasteiger partial charge in [0.15, 0.2) is 0 Å². The molecule has 0 saturated heterocycles. The van der Waals surface area contributed by atoms with Gasteiger partial charge in [0.05, 0.1) is 30.3 Å². The molecule has 0 aliphatic carbocycles. The molecule has 0 unspecified atom stereocenters. The van der Waals surface area contributed by atoms with Crippen LogP contribution < -0.4 is 15.0 Å². The second-order valence-corrected chi connectivity index (χ2v) is 6.66. The van der Waals surface area contributed by atoms with E-state index in [1.807, 2.05) is 85.8 Å². The molecule has 1 heterocycles. The van der Waals surface area contributed by atoms with Gasteiger partial charge in [-0.3, -0.25) is 9.36 Å². The van der Waals surface area contributed by atoms with Crippen LogP contribution in [0.2, 0.25) is 0 Å². The number of nitrogens with zero attached hydrogens (tertiary/aromatic N) is 2. The molecular weight excluding hydrogens is 376 g/mol. The fourth-order valence-electron chi connectivity index (χ4n) is 3.26. The number of rotatable bonds is 6. The Bertz CT molecular complexity index is 1240. The summed E-state index contributed by atoms with van der Waals surface area (Å²) in [6.45, 7) is 2.53. The van der Waals surface area contributed by atoms with E-state index in [0.717, 1.165) is 22.7 Å². The average molecular weight is 398 g/mol. The summed E-state index contributed by atoms with van der Waals surface area (Å²) < 4.78 is 12.4. The van der Waals surface area contributed by atoms with Crippen LogP contribution in [0.5, 0.6) is 11.5 Å². The molecule has 30 heavy (non-hydrogen) atoms. The highest BCUT2D eigenvalue weighted by Gasteiger charge is 2.11. The summed E-state index contributed by atoms with van der Waals surface area (Å²) in [5.74, 6) is 2.11. The summed E-state index contributed by atoms with van der Waals surface area (Å²) in [5, 5.41) is 0.577. The Balaban J connectivity index is 1.83. The van der Waals surface area contributed by atoms with E-state index in [0.29, 0.717) is 23.3 Å². The number of fused-ring (bicyclic) bond motifs is 1. The van der Waals surface area contributed by atoms with E-state index in [9.17, 15) is 4.79 Å². The van der Waals surface area contributed by atoms with Crippen molar-refractivity contribution in [3.8, 4) is 17.2 Å². The largest absolute Gasteiger partial charge is 0.497 e. The van der Waals surface area contributed by atoms with Gasteiger partial charge in [0.1, 0.15) is 17.3 Å². The minimum atomic E-state index is -0.112. The molecule has 3 aromatic carbocycles. The third-order valence-electron chi connectivity index (χ3n) is 4.75. The molecule has 4 aromatic rings. The number of aromatic nitrogens is 2. The summed E-state index contributed by atoms with van der Waals surface area (Å²) in [6, 6.07) is 22.5. The third kappa shape index (κ3) is 3.96. The molecule has 0 saturated carbocycles. The Hall–Kier alpha value is -3.86. The Labute approximate surface area is 174 Å². The van der Waals surface area contributed by atoms with Gasteiger partial charge in [0.2, 0.25) is 0 Å². The van der Waals surface area contributed by atoms with Gasteiger partial charge in [-0.05, 0) is 67.1 Å². The highest BCUT2D eigenvalue weighted by atomic mass is 16.5. The molecular formula is C25H22N2O3. The van der Waals surface area contributed by atoms with Gasteiger partial charge in [0.25, 0.3) is 5.56 Å². The molecule has 0 aliphatic heterocycles. The number of hydrogen-bond donors (Lipinski definition) is 0. The van der Waals surface area contributed by atoms with Crippen LogP contribution in [0, 0.1) is 0 Å². The van der Waals surface area contributed by atoms with Crippen LogP contribution >= 0.6 is 0 Å². The number of para-hydroxylation sites is 1. The van der Waals surface area contributed by atoms with Crippen LogP contribution in [0.1, 0.15) is 18.3 Å². The van der Waals surface area contributed by atoms with Crippen molar-refractivity contribution in [2.24, 2.45) is 0 Å². The van der Waals surface area contributed by atoms with Crippen LogP contribution in [0.3, 0.4) is 0 Å². The molecule has 150 valence electrons. The fourth-order valence-corrected chi connectivity index (χ4v) is 3.26. The van der Waals surface area contributed by atoms with Crippen molar-refractivity contribution in [2.45, 2.75) is 6.92 Å². The van der Waals surface area contributed by atoms with Crippen LogP contribution in [-0.4, -0.2) is 23.3 Å². The smallest absolute Gasteiger partial charge is 0.266 e. The molecule has 0 atom stereocenters. The topological polar surface area (TPSA) is 53.4 Å². The Morgan fingerprint density at radius 2 is 1.60 bits per heavy atom. The molecule has 0 bridgehead atoms. The van der Waals surface area contributed by atoms with Crippen LogP contribution in [0.15, 0.2) is 77.6 Å². The second kappa shape index (κ2) is 8.66. The summed E-state index contributed by atoms with van der Waals surface area (Å²) in [5.41, 5.74) is 2.27. The van der Waals surface area contributed by atoms with Crippen LogP contribution in [0.25, 0.3) is 28.7 Å². The van der Waals surface area contributed by atoms with Gasteiger partial charge in [-0.25, -0.2) is 4.98 Å². The van der Waals surface area contributed by atoms with Crippen molar-refractivity contribution in [2.75, 3.05) is 13.7 Å². The number of benzene rings is 3. The van der Waals surface area contributed by atoms with Gasteiger partial charge >= 0.3 is 0 Å². The molecule has 0 aliphatic rings.